The number of fused-ring (bicyclic) bond motifs is 1. The van der Waals surface area contributed by atoms with Crippen molar-refractivity contribution in [1.82, 2.24) is 4.98 Å². The first-order valence-electron chi connectivity index (χ1n) is 6.52. The normalized spacial score (nSPS) is 22.6. The summed E-state index contributed by atoms with van der Waals surface area (Å²) in [7, 11) is 0. The van der Waals surface area contributed by atoms with Gasteiger partial charge in [0.05, 0.1) is 20.1 Å². The van der Waals surface area contributed by atoms with E-state index >= 15 is 0 Å². The van der Waals surface area contributed by atoms with Crippen molar-refractivity contribution < 1.29 is 4.92 Å². The van der Waals surface area contributed by atoms with Crippen LogP contribution in [0.2, 0.25) is 0 Å². The van der Waals surface area contributed by atoms with Gasteiger partial charge in [0.1, 0.15) is 5.69 Å². The van der Waals surface area contributed by atoms with Crippen LogP contribution in [0.4, 0.5) is 11.4 Å². The summed E-state index contributed by atoms with van der Waals surface area (Å²) in [6.45, 7) is 5.37. The van der Waals surface area contributed by atoms with Crippen LogP contribution < -0.4 is 10.6 Å². The SMILES string of the molecule is Cc1nc2cc(N3CC(C)C(N)C3)c([N+](=O)[O-])cc2s1. The highest BCUT2D eigenvalue weighted by atomic mass is 32.1. The van der Waals surface area contributed by atoms with Gasteiger partial charge in [0.15, 0.2) is 0 Å². The number of hydrogen-bond acceptors (Lipinski definition) is 6. The van der Waals surface area contributed by atoms with Crippen molar-refractivity contribution in [3.63, 3.8) is 0 Å². The lowest BCUT2D eigenvalue weighted by atomic mass is 10.1. The van der Waals surface area contributed by atoms with Gasteiger partial charge in [-0.05, 0) is 18.9 Å². The molecule has 0 aliphatic carbocycles. The Balaban J connectivity index is 2.12. The molecule has 1 aromatic heterocycles. The maximum Gasteiger partial charge on any atom is 0.294 e. The van der Waals surface area contributed by atoms with Crippen LogP contribution >= 0.6 is 11.3 Å². The van der Waals surface area contributed by atoms with Crippen molar-refractivity contribution >= 4 is 32.9 Å². The van der Waals surface area contributed by atoms with E-state index in [1.165, 1.54) is 11.3 Å². The van der Waals surface area contributed by atoms with Gasteiger partial charge in [-0.15, -0.1) is 11.3 Å². The Morgan fingerprint density at radius 2 is 2.25 bits per heavy atom. The van der Waals surface area contributed by atoms with E-state index in [-0.39, 0.29) is 16.7 Å². The summed E-state index contributed by atoms with van der Waals surface area (Å²) in [6, 6.07) is 3.51. The van der Waals surface area contributed by atoms with Gasteiger partial charge in [0.25, 0.3) is 5.69 Å². The number of nitrogens with zero attached hydrogens (tertiary/aromatic N) is 3. The van der Waals surface area contributed by atoms with E-state index in [9.17, 15) is 10.1 Å². The Bertz CT molecular complexity index is 674. The first-order valence-corrected chi connectivity index (χ1v) is 7.33. The molecule has 1 saturated heterocycles. The zero-order chi connectivity index (χ0) is 14.4. The van der Waals surface area contributed by atoms with E-state index in [2.05, 4.69) is 11.9 Å². The Morgan fingerprint density at radius 1 is 1.50 bits per heavy atom. The Kier molecular flexibility index (Phi) is 3.10. The van der Waals surface area contributed by atoms with Gasteiger partial charge in [0.2, 0.25) is 0 Å². The van der Waals surface area contributed by atoms with Gasteiger partial charge in [-0.1, -0.05) is 6.92 Å². The van der Waals surface area contributed by atoms with Crippen molar-refractivity contribution in [3.8, 4) is 0 Å². The van der Waals surface area contributed by atoms with Crippen molar-refractivity contribution in [1.29, 1.82) is 0 Å². The lowest BCUT2D eigenvalue weighted by Crippen LogP contribution is -2.28. The molecule has 3 rings (SSSR count). The fraction of sp³-hybridized carbons (Fsp3) is 0.462. The minimum atomic E-state index is -0.321. The number of nitrogens with two attached hydrogens (primary N) is 1. The van der Waals surface area contributed by atoms with Crippen LogP contribution in [0.25, 0.3) is 10.2 Å². The molecule has 6 nitrogen and oxygen atoms in total. The average molecular weight is 292 g/mol. The fourth-order valence-electron chi connectivity index (χ4n) is 2.66. The second kappa shape index (κ2) is 4.68. The van der Waals surface area contributed by atoms with Crippen LogP contribution in [0.15, 0.2) is 12.1 Å². The van der Waals surface area contributed by atoms with E-state index in [0.717, 1.165) is 21.8 Å². The van der Waals surface area contributed by atoms with Crippen LogP contribution in [-0.4, -0.2) is 29.0 Å². The van der Waals surface area contributed by atoms with Crippen LogP contribution in [-0.2, 0) is 0 Å². The first kappa shape index (κ1) is 13.3. The fourth-order valence-corrected chi connectivity index (χ4v) is 3.50. The summed E-state index contributed by atoms with van der Waals surface area (Å²) >= 11 is 1.48. The third kappa shape index (κ3) is 2.12. The van der Waals surface area contributed by atoms with Crippen LogP contribution in [0.3, 0.4) is 0 Å². The second-order valence-electron chi connectivity index (χ2n) is 5.34. The molecule has 0 radical (unpaired) electrons. The van der Waals surface area contributed by atoms with E-state index in [0.29, 0.717) is 18.2 Å². The Morgan fingerprint density at radius 3 is 2.85 bits per heavy atom. The van der Waals surface area contributed by atoms with Gasteiger partial charge in [-0.25, -0.2) is 4.98 Å². The van der Waals surface area contributed by atoms with Gasteiger partial charge >= 0.3 is 0 Å². The first-order chi connectivity index (χ1) is 9.45. The number of nitro benzene ring substituents is 1. The monoisotopic (exact) mass is 292 g/mol. The average Bonchev–Trinajstić information content (AvgIpc) is 2.89. The highest BCUT2D eigenvalue weighted by Crippen LogP contribution is 2.37. The van der Waals surface area contributed by atoms with Gasteiger partial charge in [-0.3, -0.25) is 10.1 Å². The molecule has 20 heavy (non-hydrogen) atoms. The molecule has 2 N–H and O–H groups in total. The lowest BCUT2D eigenvalue weighted by Gasteiger charge is -2.18. The van der Waals surface area contributed by atoms with Gasteiger partial charge in [-0.2, -0.15) is 0 Å². The molecule has 2 heterocycles. The highest BCUT2D eigenvalue weighted by Gasteiger charge is 2.31. The highest BCUT2D eigenvalue weighted by molar-refractivity contribution is 7.18. The number of thiazole rings is 1. The Labute approximate surface area is 120 Å². The molecule has 1 aliphatic heterocycles. The predicted molar refractivity (Wildman–Crippen MR) is 80.4 cm³/mol. The summed E-state index contributed by atoms with van der Waals surface area (Å²) in [5.74, 6) is 0.336. The zero-order valence-corrected chi connectivity index (χ0v) is 12.2. The summed E-state index contributed by atoms with van der Waals surface area (Å²) in [4.78, 5) is 17.4. The molecule has 0 amide bonds. The third-order valence-corrected chi connectivity index (χ3v) is 4.73. The zero-order valence-electron chi connectivity index (χ0n) is 11.4. The standard InChI is InChI=1S/C13H16N4O2S/c1-7-5-16(6-9(7)14)11-3-10-13(20-8(2)15-10)4-12(11)17(18)19/h3-4,7,9H,5-6,14H2,1-2H3. The van der Waals surface area contributed by atoms with Crippen LogP contribution in [0, 0.1) is 23.0 Å². The second-order valence-corrected chi connectivity index (χ2v) is 6.58. The third-order valence-electron chi connectivity index (χ3n) is 3.80. The number of anilines is 1. The largest absolute Gasteiger partial charge is 0.364 e. The smallest absolute Gasteiger partial charge is 0.294 e. The molecule has 7 heteroatoms. The Hall–Kier alpha value is -1.73. The number of hydrogen-bond donors (Lipinski definition) is 1. The van der Waals surface area contributed by atoms with Crippen molar-refractivity contribution in [2.45, 2.75) is 19.9 Å². The molecular formula is C13H16N4O2S. The maximum absolute atomic E-state index is 11.3. The molecule has 1 aromatic carbocycles. The molecule has 2 aromatic rings. The minimum Gasteiger partial charge on any atom is -0.364 e. The molecule has 0 spiro atoms. The number of rotatable bonds is 2. The summed E-state index contributed by atoms with van der Waals surface area (Å²) in [6.07, 6.45) is 0. The van der Waals surface area contributed by atoms with E-state index in [1.807, 2.05) is 17.9 Å². The number of benzene rings is 1. The molecule has 0 bridgehead atoms. The quantitative estimate of drug-likeness (QED) is 0.678. The molecule has 106 valence electrons. The number of aryl methyl sites for hydroxylation is 1. The number of nitro groups is 1. The molecular weight excluding hydrogens is 276 g/mol. The summed E-state index contributed by atoms with van der Waals surface area (Å²) in [5, 5.41) is 12.2. The molecule has 0 saturated carbocycles. The van der Waals surface area contributed by atoms with Crippen molar-refractivity contribution in [2.24, 2.45) is 11.7 Å². The lowest BCUT2D eigenvalue weighted by molar-refractivity contribution is -0.384. The van der Waals surface area contributed by atoms with Crippen LogP contribution in [0.5, 0.6) is 0 Å². The maximum atomic E-state index is 11.3. The van der Waals surface area contributed by atoms with E-state index in [4.69, 9.17) is 5.73 Å². The topological polar surface area (TPSA) is 85.3 Å². The van der Waals surface area contributed by atoms with Crippen molar-refractivity contribution in [3.05, 3.63) is 27.3 Å². The van der Waals surface area contributed by atoms with Gasteiger partial charge in [0, 0.05) is 25.2 Å². The van der Waals surface area contributed by atoms with Gasteiger partial charge < -0.3 is 10.6 Å². The minimum absolute atomic E-state index is 0.0578. The van der Waals surface area contributed by atoms with E-state index in [1.54, 1.807) is 6.07 Å². The molecule has 1 aliphatic rings. The number of aromatic nitrogens is 1. The predicted octanol–water partition coefficient (Wildman–Crippen LogP) is 2.30. The van der Waals surface area contributed by atoms with Crippen LogP contribution in [0.1, 0.15) is 11.9 Å². The molecule has 2 unspecified atom stereocenters. The van der Waals surface area contributed by atoms with E-state index < -0.39 is 0 Å². The summed E-state index contributed by atoms with van der Waals surface area (Å²) < 4.78 is 0.856. The molecule has 1 fully saturated rings. The summed E-state index contributed by atoms with van der Waals surface area (Å²) in [5.41, 5.74) is 7.62. The molecule has 2 atom stereocenters. The van der Waals surface area contributed by atoms with Crippen molar-refractivity contribution in [2.75, 3.05) is 18.0 Å².